The third kappa shape index (κ3) is 21.0. The van der Waals surface area contributed by atoms with Crippen molar-refractivity contribution in [2.75, 3.05) is 105 Å². The maximum Gasteiger partial charge on any atom is 0.269 e. The van der Waals surface area contributed by atoms with Crippen LogP contribution in [0.4, 0.5) is 39.8 Å². The van der Waals surface area contributed by atoms with Crippen LogP contribution >= 0.6 is 0 Å². The van der Waals surface area contributed by atoms with Crippen LogP contribution in [0.15, 0.2) is 146 Å². The number of benzene rings is 6. The van der Waals surface area contributed by atoms with Gasteiger partial charge in [0.15, 0.2) is 12.6 Å². The van der Waals surface area contributed by atoms with Crippen molar-refractivity contribution >= 4 is 74.5 Å². The first kappa shape index (κ1) is 77.4. The number of hydrogen-bond acceptors (Lipinski definition) is 26. The van der Waals surface area contributed by atoms with E-state index in [0.29, 0.717) is 125 Å². The van der Waals surface area contributed by atoms with Crippen molar-refractivity contribution in [3.63, 3.8) is 0 Å². The van der Waals surface area contributed by atoms with Gasteiger partial charge in [-0.15, -0.1) is 15.3 Å². The van der Waals surface area contributed by atoms with E-state index in [-0.39, 0.29) is 68.5 Å². The molecule has 3 heterocycles. The fraction of sp³-hybridized carbons (Fsp3) is 0.403. The Morgan fingerprint density at radius 3 is 2.03 bits per heavy atom. The molecule has 1 fully saturated rings. The molecule has 1 aliphatic carbocycles. The van der Waals surface area contributed by atoms with Gasteiger partial charge in [0.25, 0.3) is 11.6 Å². The van der Waals surface area contributed by atoms with E-state index >= 15 is 0 Å². The van der Waals surface area contributed by atoms with E-state index in [1.54, 1.807) is 47.3 Å². The van der Waals surface area contributed by atoms with E-state index in [0.717, 1.165) is 16.7 Å². The fourth-order valence-electron chi connectivity index (χ4n) is 11.2. The number of anilines is 2. The largest absolute Gasteiger partial charge is 0.545 e. The SMILES string of the molecule is COc1cc(/N=N/c2ccc([N+](=O)[O-])cc2)c(OC)cc1/N=N/c1ccc(N(C)CCCC(=O)NCc2cn(CCOCCOC(CC(=O)NCCCCCCNC(=O)c3ccc(-c4c5ccc(=[N+](C)C)cc-5oc5cc(N(C)C)ccc45)c(C(=O)[O-])c3)O[C@@H]3O[C@H](CO)[C@@H](O)[C@H](O)[C@H]3O)nn2)cc1. The second kappa shape index (κ2) is 37.5. The van der Waals surface area contributed by atoms with Crippen LogP contribution in [0.3, 0.4) is 0 Å². The van der Waals surface area contributed by atoms with Crippen LogP contribution < -0.4 is 50.3 Å². The predicted octanol–water partition coefficient (Wildman–Crippen LogP) is 6.22. The fourth-order valence-corrected chi connectivity index (χ4v) is 11.2. The summed E-state index contributed by atoms with van der Waals surface area (Å²) in [5.74, 6) is -1.27. The molecule has 0 radical (unpaired) electrons. The number of fused-ring (bicyclic) bond motifs is 2. The van der Waals surface area contributed by atoms with Crippen molar-refractivity contribution in [2.45, 2.75) is 95.0 Å². The number of non-ortho nitro benzene ring substituents is 1. The molecule has 1 aromatic heterocycles. The Bertz CT molecular complexity index is 4350. The van der Waals surface area contributed by atoms with Crippen LogP contribution in [-0.2, 0) is 41.6 Å². The predicted molar refractivity (Wildman–Crippen MR) is 380 cm³/mol. The number of azo groups is 2. The third-order valence-corrected chi connectivity index (χ3v) is 17.0. The lowest BCUT2D eigenvalue weighted by Gasteiger charge is -2.40. The van der Waals surface area contributed by atoms with Crippen LogP contribution in [0.25, 0.3) is 33.4 Å². The average molecular weight is 1440 g/mol. The summed E-state index contributed by atoms with van der Waals surface area (Å²) in [6.07, 6.45) is -4.62. The van der Waals surface area contributed by atoms with Gasteiger partial charge in [-0.2, -0.15) is 10.2 Å². The summed E-state index contributed by atoms with van der Waals surface area (Å²) in [7, 11) is 12.5. The van der Waals surface area contributed by atoms with Gasteiger partial charge in [-0.3, -0.25) is 24.5 Å². The number of hydrogen-bond donors (Lipinski definition) is 7. The minimum atomic E-state index is -1.75. The van der Waals surface area contributed by atoms with Gasteiger partial charge >= 0.3 is 0 Å². The molecular formula is C72H86N14O18. The molecule has 2 aliphatic heterocycles. The molecule has 9 rings (SSSR count). The minimum Gasteiger partial charge on any atom is -0.545 e. The number of carbonyl (C=O) groups excluding carboxylic acids is 4. The number of nitro groups is 1. The molecule has 6 atom stereocenters. The van der Waals surface area contributed by atoms with Gasteiger partial charge in [0.2, 0.25) is 17.2 Å². The third-order valence-electron chi connectivity index (χ3n) is 17.0. The highest BCUT2D eigenvalue weighted by molar-refractivity contribution is 6.09. The molecule has 3 amide bonds. The van der Waals surface area contributed by atoms with Crippen molar-refractivity contribution in [3.05, 3.63) is 154 Å². The molecule has 1 saturated heterocycles. The number of aromatic nitrogens is 3. The van der Waals surface area contributed by atoms with E-state index in [9.17, 15) is 54.8 Å². The summed E-state index contributed by atoms with van der Waals surface area (Å²) in [5, 5.41) is 101. The van der Waals surface area contributed by atoms with E-state index < -0.39 is 66.3 Å². The molecule has 6 aromatic rings. The van der Waals surface area contributed by atoms with Crippen LogP contribution in [0.5, 0.6) is 11.5 Å². The number of unbranched alkanes of at least 4 members (excludes halogenated alkanes) is 3. The Hall–Kier alpha value is -10.7. The maximum atomic E-state index is 13.4. The molecule has 1 unspecified atom stereocenters. The molecular weight excluding hydrogens is 1350 g/mol. The Morgan fingerprint density at radius 2 is 1.38 bits per heavy atom. The molecule has 104 heavy (non-hydrogen) atoms. The molecule has 32 heteroatoms. The van der Waals surface area contributed by atoms with Crippen LogP contribution in [0.1, 0.15) is 71.4 Å². The number of carboxylic acids is 1. The second-order valence-electron chi connectivity index (χ2n) is 24.8. The monoisotopic (exact) mass is 1430 g/mol. The lowest BCUT2D eigenvalue weighted by atomic mass is 9.89. The minimum absolute atomic E-state index is 0.0297. The Balaban J connectivity index is 0.666. The zero-order valence-corrected chi connectivity index (χ0v) is 58.7. The van der Waals surface area contributed by atoms with Crippen LogP contribution in [0, 0.1) is 10.1 Å². The standard InChI is InChI=1S/C72H86N14O18/c1-82(2)50-23-26-53-58(36-50)102-59-37-51(83(3)4)24-27-54(59)66(53)52-25-14-44(35-55(52)71(94)95)70(93)74-29-11-9-8-10-28-73-64(89)40-65(104-72-69(92)68(91)67(90)62(43-87)103-72)101-34-33-100-32-31-85-42-47(78-81-85)41-75-63(88)13-12-30-84(5)48-19-15-45(16-20-48)76-79-56-38-61(99-7)57(39-60(56)98-6)80-77-46-17-21-49(22-18-46)86(96)97/h14-27,35-39,42,62,65,67-69,72,87,90-92H,8-13,28-34,40-41,43H2,1-7H3,(H3-,73,74,75,88,89,93,94,95)/b79-76+,80-77+/t62-,65?,67-,68+,69-,72+/m1/s1. The van der Waals surface area contributed by atoms with E-state index in [1.165, 1.54) is 44.6 Å². The van der Waals surface area contributed by atoms with Gasteiger partial charge in [0.1, 0.15) is 78.4 Å². The number of nitrogens with zero attached hydrogens (tertiary/aromatic N) is 11. The number of aliphatic hydroxyl groups excluding tert-OH is 4. The topological polar surface area (TPSA) is 410 Å². The maximum absolute atomic E-state index is 13.4. The number of nitrogens with one attached hydrogen (secondary N) is 3. The van der Waals surface area contributed by atoms with Crippen molar-refractivity contribution in [3.8, 4) is 33.9 Å². The summed E-state index contributed by atoms with van der Waals surface area (Å²) in [4.78, 5) is 66.8. The Morgan fingerprint density at radius 1 is 0.721 bits per heavy atom. The highest BCUT2D eigenvalue weighted by Crippen LogP contribution is 2.44. The van der Waals surface area contributed by atoms with Crippen LogP contribution in [-0.4, -0.2) is 197 Å². The molecule has 3 aliphatic rings. The first-order chi connectivity index (χ1) is 50.1. The van der Waals surface area contributed by atoms with Gasteiger partial charge in [0, 0.05) is 123 Å². The number of aromatic carboxylic acids is 1. The highest BCUT2D eigenvalue weighted by Gasteiger charge is 2.45. The number of ether oxygens (including phenoxy) is 6. The molecule has 0 saturated carbocycles. The van der Waals surface area contributed by atoms with Gasteiger partial charge in [0.05, 0.1) is 94.7 Å². The number of amides is 3. The number of nitro benzene ring substituents is 1. The normalized spacial score (nSPS) is 16.2. The second-order valence-corrected chi connectivity index (χ2v) is 24.8. The van der Waals surface area contributed by atoms with Crippen molar-refractivity contribution < 1.29 is 82.5 Å². The molecule has 552 valence electrons. The number of carboxylic acid groups (broad SMARTS) is 1. The molecule has 7 N–H and O–H groups in total. The summed E-state index contributed by atoms with van der Waals surface area (Å²) < 4.78 is 43.9. The quantitative estimate of drug-likeness (QED) is 0.00432. The van der Waals surface area contributed by atoms with E-state index in [2.05, 4.69) is 46.7 Å². The molecule has 32 nitrogen and oxygen atoms in total. The van der Waals surface area contributed by atoms with Crippen molar-refractivity contribution in [1.82, 2.24) is 35.5 Å². The van der Waals surface area contributed by atoms with Gasteiger partial charge in [-0.25, -0.2) is 9.26 Å². The lowest BCUT2D eigenvalue weighted by Crippen LogP contribution is -2.59. The number of aliphatic hydroxyl groups is 4. The molecule has 0 spiro atoms. The summed E-state index contributed by atoms with van der Waals surface area (Å²) in [5.41, 5.74) is 6.20. The smallest absolute Gasteiger partial charge is 0.269 e. The number of rotatable bonds is 37. The number of methoxy groups -OCH3 is 2. The lowest BCUT2D eigenvalue weighted by molar-refractivity contribution is -0.384. The van der Waals surface area contributed by atoms with Gasteiger partial charge in [-0.1, -0.05) is 24.1 Å². The van der Waals surface area contributed by atoms with Crippen LogP contribution in [0.2, 0.25) is 0 Å². The summed E-state index contributed by atoms with van der Waals surface area (Å²) >= 11 is 0. The molecule has 0 bridgehead atoms. The highest BCUT2D eigenvalue weighted by atomic mass is 16.8. The summed E-state index contributed by atoms with van der Waals surface area (Å²) in [6, 6.07) is 32.2. The zero-order chi connectivity index (χ0) is 74.4. The van der Waals surface area contributed by atoms with Gasteiger partial charge in [-0.05, 0) is 91.6 Å². The van der Waals surface area contributed by atoms with Crippen molar-refractivity contribution in [1.29, 1.82) is 0 Å². The Labute approximate surface area is 598 Å². The molecule has 5 aromatic carbocycles. The average Bonchev–Trinajstić information content (AvgIpc) is 0.781. The van der Waals surface area contributed by atoms with Gasteiger partial charge < -0.3 is 88.9 Å². The Kier molecular flexibility index (Phi) is 27.9. The zero-order valence-electron chi connectivity index (χ0n) is 58.7. The number of carbonyl (C=O) groups is 4. The first-order valence-electron chi connectivity index (χ1n) is 33.7. The van der Waals surface area contributed by atoms with E-state index in [4.69, 9.17) is 32.8 Å². The summed E-state index contributed by atoms with van der Waals surface area (Å²) in [6.45, 7) is 1.03. The van der Waals surface area contributed by atoms with Crippen molar-refractivity contribution in [2.24, 2.45) is 20.5 Å². The van der Waals surface area contributed by atoms with E-state index in [1.807, 2.05) is 98.1 Å². The first-order valence-corrected chi connectivity index (χ1v) is 33.7.